The predicted molar refractivity (Wildman–Crippen MR) is 134 cm³/mol. The van der Waals surface area contributed by atoms with Gasteiger partial charge in [0, 0.05) is 17.0 Å². The Morgan fingerprint density at radius 3 is 2.06 bits per heavy atom. The standard InChI is InChI=1S/C23H21Cl2N2O3PS/c1-2-30-22(28)13-19-16-32-23(26-19)27-31(29,14-20(24)17-9-5-3-6-10-17)15-21(25)18-11-7-4-8-12-18/h3-12,14-16H,2,13H2,1H3,(H,26,27,29)/b20-14+,21-15?. The second kappa shape index (κ2) is 11.5. The Kier molecular flexibility index (Phi) is 8.71. The van der Waals surface area contributed by atoms with Gasteiger partial charge in [0.15, 0.2) is 5.13 Å². The van der Waals surface area contributed by atoms with E-state index in [4.69, 9.17) is 27.9 Å². The molecular weight excluding hydrogens is 486 g/mol. The number of aromatic nitrogens is 1. The number of hydrogen-bond acceptors (Lipinski definition) is 5. The molecule has 0 saturated carbocycles. The van der Waals surface area contributed by atoms with Gasteiger partial charge in [0.2, 0.25) is 7.29 Å². The molecule has 0 aliphatic carbocycles. The molecule has 0 amide bonds. The average Bonchev–Trinajstić information content (AvgIpc) is 3.20. The highest BCUT2D eigenvalue weighted by molar-refractivity contribution is 7.72. The highest BCUT2D eigenvalue weighted by Crippen LogP contribution is 2.54. The molecule has 1 heterocycles. The minimum absolute atomic E-state index is 0.0392. The number of halogens is 2. The maximum atomic E-state index is 13.9. The number of carbonyl (C=O) groups excluding carboxylic acids is 1. The van der Waals surface area contributed by atoms with Gasteiger partial charge in [0.1, 0.15) is 0 Å². The molecule has 1 atom stereocenters. The number of carbonyl (C=O) groups is 1. The summed E-state index contributed by atoms with van der Waals surface area (Å²) in [7, 11) is -3.42. The quantitative estimate of drug-likeness (QED) is 0.241. The van der Waals surface area contributed by atoms with Crippen molar-refractivity contribution in [2.45, 2.75) is 13.3 Å². The number of anilines is 1. The number of benzene rings is 2. The third-order valence-corrected chi connectivity index (χ3v) is 7.92. The Bertz CT molecular complexity index is 1100. The summed E-state index contributed by atoms with van der Waals surface area (Å²) in [6.45, 7) is 2.04. The summed E-state index contributed by atoms with van der Waals surface area (Å²) < 4.78 is 18.9. The van der Waals surface area contributed by atoms with Crippen LogP contribution in [0.3, 0.4) is 0 Å². The normalized spacial score (nSPS) is 14.0. The molecule has 5 nitrogen and oxygen atoms in total. The largest absolute Gasteiger partial charge is 0.466 e. The Morgan fingerprint density at radius 2 is 1.56 bits per heavy atom. The molecule has 0 aliphatic rings. The summed E-state index contributed by atoms with van der Waals surface area (Å²) in [5, 5.41) is 5.71. The summed E-state index contributed by atoms with van der Waals surface area (Å²) >= 11 is 14.2. The van der Waals surface area contributed by atoms with E-state index in [9.17, 15) is 9.36 Å². The molecule has 9 heteroatoms. The lowest BCUT2D eigenvalue weighted by Crippen LogP contribution is -2.07. The molecule has 2 aromatic carbocycles. The second-order valence-corrected chi connectivity index (χ2v) is 10.5. The summed E-state index contributed by atoms with van der Waals surface area (Å²) in [5.41, 5.74) is 1.98. The van der Waals surface area contributed by atoms with Crippen LogP contribution in [-0.2, 0) is 20.5 Å². The molecule has 0 aliphatic heterocycles. The molecule has 32 heavy (non-hydrogen) atoms. The molecule has 0 spiro atoms. The van der Waals surface area contributed by atoms with Crippen LogP contribution in [0.25, 0.3) is 10.1 Å². The number of nitrogens with zero attached hydrogens (tertiary/aromatic N) is 1. The van der Waals surface area contributed by atoms with Crippen LogP contribution in [0.15, 0.2) is 77.7 Å². The lowest BCUT2D eigenvalue weighted by atomic mass is 10.2. The number of ether oxygens (including phenoxy) is 1. The highest BCUT2D eigenvalue weighted by atomic mass is 35.5. The number of thiazole rings is 1. The Morgan fingerprint density at radius 1 is 1.03 bits per heavy atom. The number of hydrogen-bond donors (Lipinski definition) is 1. The molecule has 0 radical (unpaired) electrons. The molecular formula is C23H21Cl2N2O3PS. The van der Waals surface area contributed by atoms with Gasteiger partial charge >= 0.3 is 5.97 Å². The fraction of sp³-hybridized carbons (Fsp3) is 0.130. The first-order chi connectivity index (χ1) is 15.4. The lowest BCUT2D eigenvalue weighted by molar-refractivity contribution is -0.142. The van der Waals surface area contributed by atoms with E-state index >= 15 is 0 Å². The van der Waals surface area contributed by atoms with E-state index in [-0.39, 0.29) is 12.4 Å². The Hall–Kier alpha value is -2.37. The smallest absolute Gasteiger partial charge is 0.311 e. The predicted octanol–water partition coefficient (Wildman–Crippen LogP) is 7.41. The second-order valence-electron chi connectivity index (χ2n) is 6.63. The van der Waals surface area contributed by atoms with Crippen LogP contribution in [0, 0.1) is 0 Å². The van der Waals surface area contributed by atoms with Gasteiger partial charge in [-0.25, -0.2) is 4.98 Å². The van der Waals surface area contributed by atoms with Gasteiger partial charge in [0.05, 0.1) is 28.8 Å². The third kappa shape index (κ3) is 7.07. The molecule has 1 unspecified atom stereocenters. The van der Waals surface area contributed by atoms with Crippen LogP contribution in [0.2, 0.25) is 0 Å². The maximum Gasteiger partial charge on any atom is 0.311 e. The zero-order valence-electron chi connectivity index (χ0n) is 17.2. The summed E-state index contributed by atoms with van der Waals surface area (Å²) in [5.74, 6) is 2.55. The zero-order valence-corrected chi connectivity index (χ0v) is 20.4. The van der Waals surface area contributed by atoms with Crippen LogP contribution in [0.4, 0.5) is 5.13 Å². The highest BCUT2D eigenvalue weighted by Gasteiger charge is 2.21. The molecule has 3 rings (SSSR count). The third-order valence-electron chi connectivity index (χ3n) is 4.16. The summed E-state index contributed by atoms with van der Waals surface area (Å²) in [4.78, 5) is 16.1. The summed E-state index contributed by atoms with van der Waals surface area (Å²) in [6, 6.07) is 18.4. The van der Waals surface area contributed by atoms with Gasteiger partial charge in [-0.15, -0.1) is 11.3 Å². The van der Waals surface area contributed by atoms with E-state index in [0.717, 1.165) is 11.1 Å². The van der Waals surface area contributed by atoms with Gasteiger partial charge < -0.3 is 9.82 Å². The van der Waals surface area contributed by atoms with E-state index < -0.39 is 7.29 Å². The Labute approximate surface area is 201 Å². The van der Waals surface area contributed by atoms with E-state index in [1.165, 1.54) is 23.0 Å². The zero-order chi connectivity index (χ0) is 23.0. The van der Waals surface area contributed by atoms with Gasteiger partial charge in [-0.2, -0.15) is 0 Å². The van der Waals surface area contributed by atoms with Gasteiger partial charge in [-0.05, 0) is 18.1 Å². The van der Waals surface area contributed by atoms with Crippen LogP contribution < -0.4 is 5.09 Å². The topological polar surface area (TPSA) is 68.3 Å². The molecule has 0 saturated heterocycles. The molecule has 0 bridgehead atoms. The van der Waals surface area contributed by atoms with Crippen LogP contribution in [-0.4, -0.2) is 17.6 Å². The monoisotopic (exact) mass is 506 g/mol. The van der Waals surface area contributed by atoms with Crippen LogP contribution in [0.5, 0.6) is 0 Å². The van der Waals surface area contributed by atoms with Gasteiger partial charge in [0.25, 0.3) is 0 Å². The van der Waals surface area contributed by atoms with Crippen molar-refractivity contribution in [1.82, 2.24) is 4.98 Å². The first-order valence-electron chi connectivity index (χ1n) is 9.74. The molecule has 3 aromatic rings. The van der Waals surface area contributed by atoms with Crippen LogP contribution >= 0.6 is 41.8 Å². The van der Waals surface area contributed by atoms with Crippen molar-refractivity contribution < 1.29 is 14.1 Å². The minimum Gasteiger partial charge on any atom is -0.466 e. The SMILES string of the molecule is CCOC(=O)Cc1csc(NP(=O)(C=C(Cl)c2ccccc2)/C=C(/Cl)c2ccccc2)n1. The van der Waals surface area contributed by atoms with Crippen molar-refractivity contribution in [3.8, 4) is 0 Å². The van der Waals surface area contributed by atoms with Crippen molar-refractivity contribution in [1.29, 1.82) is 0 Å². The van der Waals surface area contributed by atoms with E-state index in [1.54, 1.807) is 12.3 Å². The average molecular weight is 507 g/mol. The molecule has 0 fully saturated rings. The van der Waals surface area contributed by atoms with E-state index in [0.29, 0.717) is 27.5 Å². The van der Waals surface area contributed by atoms with Crippen LogP contribution in [0.1, 0.15) is 23.7 Å². The van der Waals surface area contributed by atoms with Crippen molar-refractivity contribution in [2.75, 3.05) is 11.7 Å². The first kappa shape index (κ1) is 24.3. The van der Waals surface area contributed by atoms with E-state index in [2.05, 4.69) is 10.1 Å². The van der Waals surface area contributed by atoms with Gasteiger partial charge in [-0.3, -0.25) is 9.36 Å². The lowest BCUT2D eigenvalue weighted by Gasteiger charge is -2.13. The first-order valence-corrected chi connectivity index (χ1v) is 13.2. The molecule has 166 valence electrons. The van der Waals surface area contributed by atoms with Crippen molar-refractivity contribution >= 4 is 63.0 Å². The molecule has 1 N–H and O–H groups in total. The minimum atomic E-state index is -3.42. The van der Waals surface area contributed by atoms with Crippen molar-refractivity contribution in [3.63, 3.8) is 0 Å². The summed E-state index contributed by atoms with van der Waals surface area (Å²) in [6.07, 6.45) is 0.0392. The maximum absolute atomic E-state index is 13.9. The van der Waals surface area contributed by atoms with Crippen molar-refractivity contribution in [2.24, 2.45) is 0 Å². The number of rotatable bonds is 9. The Balaban J connectivity index is 1.93. The number of esters is 1. The number of nitrogens with one attached hydrogen (secondary N) is 1. The molecule has 1 aromatic heterocycles. The fourth-order valence-electron chi connectivity index (χ4n) is 2.73. The van der Waals surface area contributed by atoms with E-state index in [1.807, 2.05) is 60.7 Å². The van der Waals surface area contributed by atoms with Gasteiger partial charge in [-0.1, -0.05) is 83.9 Å². The fourth-order valence-corrected chi connectivity index (χ4v) is 6.57. The van der Waals surface area contributed by atoms with Crippen molar-refractivity contribution in [3.05, 3.63) is 94.5 Å².